The molecule has 1 aliphatic heterocycles. The number of piperazine rings is 1. The summed E-state index contributed by atoms with van der Waals surface area (Å²) in [4.78, 5) is 16.6. The highest BCUT2D eigenvalue weighted by Crippen LogP contribution is 2.25. The van der Waals surface area contributed by atoms with Gasteiger partial charge in [-0.05, 0) is 18.1 Å². The van der Waals surface area contributed by atoms with Crippen LogP contribution in [0.5, 0.6) is 0 Å². The van der Waals surface area contributed by atoms with Crippen LogP contribution in [0.25, 0.3) is 0 Å². The standard InChI is InChI=1S/C17H20F3N5/c1-11(2)14-3-4-21-17(23-14)25-7-5-24(6-8-25)16-13(18)9-12(10-22-16)15(19)20/h3-4,9-11,15H,5-8H2,1-2H3. The third-order valence-electron chi connectivity index (χ3n) is 4.21. The van der Waals surface area contributed by atoms with E-state index in [2.05, 4.69) is 28.8 Å². The van der Waals surface area contributed by atoms with Crippen molar-refractivity contribution in [1.29, 1.82) is 0 Å². The highest BCUT2D eigenvalue weighted by Gasteiger charge is 2.23. The molecule has 0 radical (unpaired) electrons. The summed E-state index contributed by atoms with van der Waals surface area (Å²) in [5, 5.41) is 0. The van der Waals surface area contributed by atoms with Crippen LogP contribution in [0, 0.1) is 5.82 Å². The molecule has 0 unspecified atom stereocenters. The molecule has 1 saturated heterocycles. The van der Waals surface area contributed by atoms with Gasteiger partial charge < -0.3 is 9.80 Å². The van der Waals surface area contributed by atoms with E-state index in [0.717, 1.165) is 18.0 Å². The molecule has 0 N–H and O–H groups in total. The summed E-state index contributed by atoms with van der Waals surface area (Å²) in [5.41, 5.74) is 0.571. The number of aromatic nitrogens is 3. The van der Waals surface area contributed by atoms with Crippen LogP contribution in [0.3, 0.4) is 0 Å². The Morgan fingerprint density at radius 3 is 2.32 bits per heavy atom. The van der Waals surface area contributed by atoms with E-state index >= 15 is 0 Å². The third-order valence-corrected chi connectivity index (χ3v) is 4.21. The summed E-state index contributed by atoms with van der Waals surface area (Å²) in [6, 6.07) is 2.75. The molecule has 2 aromatic heterocycles. The van der Waals surface area contributed by atoms with Crippen molar-refractivity contribution in [2.45, 2.75) is 26.2 Å². The minimum Gasteiger partial charge on any atom is -0.351 e. The van der Waals surface area contributed by atoms with Crippen LogP contribution in [0.2, 0.25) is 0 Å². The van der Waals surface area contributed by atoms with Crippen LogP contribution in [-0.2, 0) is 0 Å². The second-order valence-electron chi connectivity index (χ2n) is 6.29. The Labute approximate surface area is 144 Å². The van der Waals surface area contributed by atoms with Gasteiger partial charge in [0.05, 0.1) is 0 Å². The summed E-state index contributed by atoms with van der Waals surface area (Å²) in [6.07, 6.45) is 0.0530. The Kier molecular flexibility index (Phi) is 5.06. The Balaban J connectivity index is 1.69. The normalized spacial score (nSPS) is 15.3. The molecule has 8 heteroatoms. The predicted octanol–water partition coefficient (Wildman–Crippen LogP) is 3.40. The van der Waals surface area contributed by atoms with E-state index in [1.54, 1.807) is 11.1 Å². The quantitative estimate of drug-likeness (QED) is 0.845. The molecule has 0 saturated carbocycles. The zero-order valence-electron chi connectivity index (χ0n) is 14.2. The number of rotatable bonds is 4. The van der Waals surface area contributed by atoms with Crippen molar-refractivity contribution >= 4 is 11.8 Å². The number of alkyl halides is 2. The lowest BCUT2D eigenvalue weighted by atomic mass is 10.1. The Morgan fingerprint density at radius 2 is 1.72 bits per heavy atom. The number of nitrogens with zero attached hydrogens (tertiary/aromatic N) is 5. The molecule has 0 amide bonds. The van der Waals surface area contributed by atoms with Crippen LogP contribution in [0.1, 0.15) is 37.4 Å². The van der Waals surface area contributed by atoms with E-state index in [9.17, 15) is 13.2 Å². The van der Waals surface area contributed by atoms with Crippen LogP contribution >= 0.6 is 0 Å². The molecular formula is C17H20F3N5. The van der Waals surface area contributed by atoms with Crippen molar-refractivity contribution in [3.63, 3.8) is 0 Å². The summed E-state index contributed by atoms with van der Waals surface area (Å²) in [6.45, 7) is 6.40. The summed E-state index contributed by atoms with van der Waals surface area (Å²) < 4.78 is 39.3. The minimum absolute atomic E-state index is 0.112. The number of pyridine rings is 1. The first-order chi connectivity index (χ1) is 12.0. The second kappa shape index (κ2) is 7.25. The van der Waals surface area contributed by atoms with E-state index in [0.29, 0.717) is 38.0 Å². The molecule has 3 rings (SSSR count). The third kappa shape index (κ3) is 3.83. The maximum Gasteiger partial charge on any atom is 0.265 e. The topological polar surface area (TPSA) is 45.2 Å². The van der Waals surface area contributed by atoms with Gasteiger partial charge in [-0.3, -0.25) is 0 Å². The van der Waals surface area contributed by atoms with E-state index in [-0.39, 0.29) is 5.82 Å². The van der Waals surface area contributed by atoms with Crippen molar-refractivity contribution in [3.8, 4) is 0 Å². The number of hydrogen-bond donors (Lipinski definition) is 0. The molecular weight excluding hydrogens is 331 g/mol. The van der Waals surface area contributed by atoms with Crippen molar-refractivity contribution in [1.82, 2.24) is 15.0 Å². The van der Waals surface area contributed by atoms with E-state index < -0.39 is 17.8 Å². The summed E-state index contributed by atoms with van der Waals surface area (Å²) in [7, 11) is 0. The molecule has 2 aromatic rings. The monoisotopic (exact) mass is 351 g/mol. The summed E-state index contributed by atoms with van der Waals surface area (Å²) >= 11 is 0. The zero-order valence-corrected chi connectivity index (χ0v) is 14.2. The van der Waals surface area contributed by atoms with Crippen molar-refractivity contribution in [2.75, 3.05) is 36.0 Å². The van der Waals surface area contributed by atoms with Crippen LogP contribution in [0.4, 0.5) is 24.9 Å². The van der Waals surface area contributed by atoms with Gasteiger partial charge in [-0.25, -0.2) is 28.1 Å². The fraction of sp³-hybridized carbons (Fsp3) is 0.471. The molecule has 3 heterocycles. The Hall–Kier alpha value is -2.38. The number of halogens is 3. The Bertz CT molecular complexity index is 730. The average Bonchev–Trinajstić information content (AvgIpc) is 2.62. The van der Waals surface area contributed by atoms with Gasteiger partial charge in [0.1, 0.15) is 0 Å². The van der Waals surface area contributed by atoms with Gasteiger partial charge in [0.15, 0.2) is 11.6 Å². The fourth-order valence-electron chi connectivity index (χ4n) is 2.75. The van der Waals surface area contributed by atoms with Gasteiger partial charge in [0, 0.05) is 49.8 Å². The highest BCUT2D eigenvalue weighted by atomic mass is 19.3. The van der Waals surface area contributed by atoms with Gasteiger partial charge >= 0.3 is 0 Å². The molecule has 0 atom stereocenters. The predicted molar refractivity (Wildman–Crippen MR) is 89.7 cm³/mol. The van der Waals surface area contributed by atoms with Crippen LogP contribution in [-0.4, -0.2) is 41.1 Å². The van der Waals surface area contributed by atoms with Gasteiger partial charge in [-0.15, -0.1) is 0 Å². The molecule has 0 spiro atoms. The van der Waals surface area contributed by atoms with Crippen molar-refractivity contribution < 1.29 is 13.2 Å². The van der Waals surface area contributed by atoms with E-state index in [1.165, 1.54) is 0 Å². The first-order valence-electron chi connectivity index (χ1n) is 8.22. The lowest BCUT2D eigenvalue weighted by Crippen LogP contribution is -2.47. The molecule has 134 valence electrons. The Morgan fingerprint density at radius 1 is 1.04 bits per heavy atom. The van der Waals surface area contributed by atoms with Gasteiger partial charge in [-0.1, -0.05) is 13.8 Å². The smallest absolute Gasteiger partial charge is 0.265 e. The highest BCUT2D eigenvalue weighted by molar-refractivity contribution is 5.44. The molecule has 0 aromatic carbocycles. The number of hydrogen-bond acceptors (Lipinski definition) is 5. The molecule has 5 nitrogen and oxygen atoms in total. The van der Waals surface area contributed by atoms with Gasteiger partial charge in [0.2, 0.25) is 5.95 Å². The maximum atomic E-state index is 14.1. The fourth-order valence-corrected chi connectivity index (χ4v) is 2.75. The SMILES string of the molecule is CC(C)c1ccnc(N2CCN(c3ncc(C(F)F)cc3F)CC2)n1. The lowest BCUT2D eigenvalue weighted by molar-refractivity contribution is 0.150. The van der Waals surface area contributed by atoms with Crippen LogP contribution < -0.4 is 9.80 Å². The minimum atomic E-state index is -2.72. The van der Waals surface area contributed by atoms with Crippen molar-refractivity contribution in [2.24, 2.45) is 0 Å². The zero-order chi connectivity index (χ0) is 18.0. The first kappa shape index (κ1) is 17.4. The summed E-state index contributed by atoms with van der Waals surface area (Å²) in [5.74, 6) is 0.368. The maximum absolute atomic E-state index is 14.1. The lowest BCUT2D eigenvalue weighted by Gasteiger charge is -2.35. The molecule has 1 fully saturated rings. The molecule has 0 bridgehead atoms. The molecule has 0 aliphatic carbocycles. The first-order valence-corrected chi connectivity index (χ1v) is 8.22. The molecule has 25 heavy (non-hydrogen) atoms. The van der Waals surface area contributed by atoms with E-state index in [1.807, 2.05) is 11.0 Å². The van der Waals surface area contributed by atoms with Gasteiger partial charge in [0.25, 0.3) is 6.43 Å². The van der Waals surface area contributed by atoms with Gasteiger partial charge in [-0.2, -0.15) is 0 Å². The van der Waals surface area contributed by atoms with Crippen LogP contribution in [0.15, 0.2) is 24.5 Å². The largest absolute Gasteiger partial charge is 0.351 e. The average molecular weight is 351 g/mol. The van der Waals surface area contributed by atoms with E-state index in [4.69, 9.17) is 0 Å². The second-order valence-corrected chi connectivity index (χ2v) is 6.29. The van der Waals surface area contributed by atoms with Crippen molar-refractivity contribution in [3.05, 3.63) is 41.6 Å². The molecule has 1 aliphatic rings. The number of anilines is 2.